The van der Waals surface area contributed by atoms with E-state index in [1.165, 1.54) is 12.1 Å². The van der Waals surface area contributed by atoms with Gasteiger partial charge in [-0.25, -0.2) is 0 Å². The molecule has 1 aromatic rings. The minimum Gasteiger partial charge on any atom is -0.393 e. The topological polar surface area (TPSA) is 96.6 Å². The van der Waals surface area contributed by atoms with Crippen LogP contribution in [0.25, 0.3) is 0 Å². The molecule has 5 aliphatic rings. The van der Waals surface area contributed by atoms with Crippen molar-refractivity contribution in [1.29, 1.82) is 5.26 Å². The third-order valence-corrected chi connectivity index (χ3v) is 11.2. The lowest BCUT2D eigenvalue weighted by Crippen LogP contribution is -2.62. The number of ether oxygens (including phenoxy) is 2. The summed E-state index contributed by atoms with van der Waals surface area (Å²) in [5, 5.41) is 20.6. The van der Waals surface area contributed by atoms with Crippen molar-refractivity contribution in [2.24, 2.45) is 28.6 Å². The maximum atomic E-state index is 13.9. The lowest BCUT2D eigenvalue weighted by molar-refractivity contribution is -0.194. The number of hydrogen-bond donors (Lipinski definition) is 1. The van der Waals surface area contributed by atoms with Crippen molar-refractivity contribution >= 4 is 22.7 Å². The van der Waals surface area contributed by atoms with Gasteiger partial charge in [0.25, 0.3) is 0 Å². The zero-order valence-corrected chi connectivity index (χ0v) is 22.9. The Kier molecular flexibility index (Phi) is 6.43. The monoisotopic (exact) mass is 573 g/mol. The second kappa shape index (κ2) is 9.28. The van der Waals surface area contributed by atoms with Crippen molar-refractivity contribution in [3.63, 3.8) is 0 Å². The Bertz CT molecular complexity index is 1350. The van der Waals surface area contributed by atoms with E-state index in [0.29, 0.717) is 18.4 Å². The summed E-state index contributed by atoms with van der Waals surface area (Å²) in [6.45, 7) is 4.02. The van der Waals surface area contributed by atoms with Gasteiger partial charge in [-0.15, -0.1) is 0 Å². The van der Waals surface area contributed by atoms with E-state index in [2.05, 4.69) is 6.92 Å². The molecule has 8 unspecified atom stereocenters. The molecule has 212 valence electrons. The van der Waals surface area contributed by atoms with Crippen LogP contribution in [-0.2, 0) is 25.2 Å². The number of nitriles is 1. The van der Waals surface area contributed by atoms with Crippen molar-refractivity contribution in [3.05, 3.63) is 59.2 Å². The Hall–Kier alpha value is -2.45. The summed E-state index contributed by atoms with van der Waals surface area (Å²) in [5.41, 5.74) is -2.21. The molecule has 3 saturated carbocycles. The third-order valence-electron chi connectivity index (χ3n) is 10.3. The first-order chi connectivity index (χ1) is 18.8. The number of aliphatic hydroxyl groups is 1. The Labute approximate surface area is 234 Å². The van der Waals surface area contributed by atoms with Crippen molar-refractivity contribution in [2.45, 2.75) is 69.8 Å². The smallest absolute Gasteiger partial charge is 0.393 e. The van der Waals surface area contributed by atoms with Crippen molar-refractivity contribution in [2.75, 3.05) is 5.75 Å². The zero-order chi connectivity index (χ0) is 28.7. The predicted molar refractivity (Wildman–Crippen MR) is 139 cm³/mol. The van der Waals surface area contributed by atoms with E-state index in [4.69, 9.17) is 9.47 Å². The highest BCUT2D eigenvalue weighted by atomic mass is 32.2. The molecule has 1 heterocycles. The minimum atomic E-state index is -4.49. The Morgan fingerprint density at radius 2 is 1.98 bits per heavy atom. The number of rotatable bonds is 3. The van der Waals surface area contributed by atoms with Crippen LogP contribution in [-0.4, -0.2) is 39.6 Å². The van der Waals surface area contributed by atoms with Gasteiger partial charge in [0.15, 0.2) is 17.7 Å². The molecule has 0 spiro atoms. The molecule has 4 aliphatic carbocycles. The fourth-order valence-electron chi connectivity index (χ4n) is 8.60. The van der Waals surface area contributed by atoms with Gasteiger partial charge >= 0.3 is 6.18 Å². The van der Waals surface area contributed by atoms with Gasteiger partial charge in [0.2, 0.25) is 5.12 Å². The number of benzene rings is 1. The van der Waals surface area contributed by atoms with Crippen molar-refractivity contribution in [3.8, 4) is 6.07 Å². The Balaban J connectivity index is 1.37. The summed E-state index contributed by atoms with van der Waals surface area (Å²) in [6.07, 6.45) is 0.332. The third kappa shape index (κ3) is 3.81. The maximum Gasteiger partial charge on any atom is 0.416 e. The number of halogens is 3. The molecule has 0 aromatic heterocycles. The molecule has 6 rings (SSSR count). The molecule has 0 amide bonds. The fraction of sp³-hybridized carbons (Fsp3) is 0.567. The van der Waals surface area contributed by atoms with Crippen LogP contribution in [0.4, 0.5) is 13.2 Å². The maximum absolute atomic E-state index is 13.9. The normalized spacial score (nSPS) is 41.8. The lowest BCUT2D eigenvalue weighted by Gasteiger charge is -2.59. The van der Waals surface area contributed by atoms with E-state index in [9.17, 15) is 33.1 Å². The number of ketones is 1. The summed E-state index contributed by atoms with van der Waals surface area (Å²) >= 11 is 0.853. The van der Waals surface area contributed by atoms with Gasteiger partial charge < -0.3 is 14.6 Å². The van der Waals surface area contributed by atoms with Gasteiger partial charge in [-0.05, 0) is 61.8 Å². The van der Waals surface area contributed by atoms with Gasteiger partial charge in [0, 0.05) is 22.3 Å². The van der Waals surface area contributed by atoms with Crippen LogP contribution in [0, 0.1) is 39.9 Å². The van der Waals surface area contributed by atoms with Crippen LogP contribution in [0.3, 0.4) is 0 Å². The van der Waals surface area contributed by atoms with Gasteiger partial charge in [0.1, 0.15) is 0 Å². The first-order valence-electron chi connectivity index (χ1n) is 13.5. The molecule has 0 bridgehead atoms. The van der Waals surface area contributed by atoms with Gasteiger partial charge in [-0.1, -0.05) is 49.4 Å². The molecule has 1 N–H and O–H groups in total. The van der Waals surface area contributed by atoms with Crippen LogP contribution >= 0.6 is 11.8 Å². The van der Waals surface area contributed by atoms with E-state index < -0.39 is 46.7 Å². The molecule has 0 radical (unpaired) electrons. The van der Waals surface area contributed by atoms with Crippen molar-refractivity contribution in [1.82, 2.24) is 0 Å². The van der Waals surface area contributed by atoms with Crippen LogP contribution in [0.2, 0.25) is 0 Å². The number of nitrogens with zero attached hydrogens (tertiary/aromatic N) is 1. The van der Waals surface area contributed by atoms with Crippen LogP contribution < -0.4 is 0 Å². The minimum absolute atomic E-state index is 0.0294. The predicted octanol–water partition coefficient (Wildman–Crippen LogP) is 5.53. The fourth-order valence-corrected chi connectivity index (χ4v) is 9.42. The highest BCUT2D eigenvalue weighted by Gasteiger charge is 2.76. The molecular weight excluding hydrogens is 543 g/mol. The first kappa shape index (κ1) is 27.7. The summed E-state index contributed by atoms with van der Waals surface area (Å²) in [4.78, 5) is 26.1. The van der Waals surface area contributed by atoms with Crippen LogP contribution in [0.5, 0.6) is 0 Å². The number of fused-ring (bicyclic) bond motifs is 7. The molecule has 1 aliphatic heterocycles. The number of carbonyl (C=O) groups is 2. The molecule has 40 heavy (non-hydrogen) atoms. The average molecular weight is 574 g/mol. The number of carbonyl (C=O) groups excluding carboxylic acids is 2. The van der Waals surface area contributed by atoms with Gasteiger partial charge in [-0.3, -0.25) is 9.59 Å². The van der Waals surface area contributed by atoms with Gasteiger partial charge in [0.05, 0.1) is 29.6 Å². The standard InChI is InChI=1S/C30H30F3NO5S/c1-27-10-9-19(35)13-18(27)7-8-20-21-14-23-29(26(37)40-12-11-34,28(21,2)15-22(36)24(20)27)39-25(38-23)16-3-5-17(6-4-16)30(31,32)33/h3-6,9-10,13,20-25,36H,7-8,12,14-15H2,1-2H3/t20?,21?,22?,23-,24?,25?,27?,28?,29?/m1/s1. The first-order valence-corrected chi connectivity index (χ1v) is 14.5. The molecule has 1 aromatic carbocycles. The molecular formula is C30H30F3NO5S. The Morgan fingerprint density at radius 3 is 2.65 bits per heavy atom. The number of hydrogen-bond acceptors (Lipinski definition) is 7. The van der Waals surface area contributed by atoms with Crippen LogP contribution in [0.1, 0.15) is 56.9 Å². The largest absolute Gasteiger partial charge is 0.416 e. The van der Waals surface area contributed by atoms with Crippen LogP contribution in [0.15, 0.2) is 48.1 Å². The molecule has 6 nitrogen and oxygen atoms in total. The SMILES string of the molecule is CC12C=CC(=O)C=C1CCC1C2C(O)CC2(C)C1C[C@H]1OC(c3ccc(C(F)(F)F)cc3)OC12C(=O)SCC#N. The summed E-state index contributed by atoms with van der Waals surface area (Å²) in [7, 11) is 0. The number of alkyl halides is 3. The molecule has 9 atom stereocenters. The average Bonchev–Trinajstić information content (AvgIpc) is 3.40. The summed E-state index contributed by atoms with van der Waals surface area (Å²) in [6, 6.07) is 6.51. The summed E-state index contributed by atoms with van der Waals surface area (Å²) < 4.78 is 52.3. The van der Waals surface area contributed by atoms with Gasteiger partial charge in [-0.2, -0.15) is 18.4 Å². The van der Waals surface area contributed by atoms with E-state index in [1.807, 2.05) is 19.1 Å². The summed E-state index contributed by atoms with van der Waals surface area (Å²) in [5.74, 6) is -0.302. The van der Waals surface area contributed by atoms with E-state index in [0.717, 1.165) is 35.9 Å². The number of allylic oxidation sites excluding steroid dienone is 4. The van der Waals surface area contributed by atoms with Crippen molar-refractivity contribution < 1.29 is 37.3 Å². The quantitative estimate of drug-likeness (QED) is 0.508. The van der Waals surface area contributed by atoms with E-state index >= 15 is 0 Å². The molecule has 1 saturated heterocycles. The lowest BCUT2D eigenvalue weighted by atomic mass is 9.46. The number of aliphatic hydroxyl groups excluding tert-OH is 1. The van der Waals surface area contributed by atoms with E-state index in [1.54, 1.807) is 12.2 Å². The van der Waals surface area contributed by atoms with E-state index in [-0.39, 0.29) is 40.8 Å². The zero-order valence-electron chi connectivity index (χ0n) is 22.1. The molecule has 10 heteroatoms. The Morgan fingerprint density at radius 1 is 1.25 bits per heavy atom. The molecule has 4 fully saturated rings. The highest BCUT2D eigenvalue weighted by Crippen LogP contribution is 2.71. The second-order valence-electron chi connectivity index (χ2n) is 12.1. The number of thioether (sulfide) groups is 1. The highest BCUT2D eigenvalue weighted by molar-refractivity contribution is 8.14. The second-order valence-corrected chi connectivity index (χ2v) is 13.1.